The first-order valence-corrected chi connectivity index (χ1v) is 8.79. The van der Waals surface area contributed by atoms with Crippen molar-refractivity contribution in [2.24, 2.45) is 5.92 Å². The first kappa shape index (κ1) is 17.6. The zero-order chi connectivity index (χ0) is 17.0. The number of carboxylic acids is 1. The molecule has 1 saturated heterocycles. The van der Waals surface area contributed by atoms with E-state index in [2.05, 4.69) is 19.9 Å². The van der Waals surface area contributed by atoms with Crippen LogP contribution in [0.4, 0.5) is 0 Å². The number of allylic oxidation sites excluding steroid dienone is 1. The molecule has 1 amide bonds. The molecule has 1 fully saturated rings. The van der Waals surface area contributed by atoms with Crippen LogP contribution in [-0.4, -0.2) is 40.2 Å². The summed E-state index contributed by atoms with van der Waals surface area (Å²) in [5.74, 6) is -0.537. The second kappa shape index (κ2) is 7.68. The van der Waals surface area contributed by atoms with Crippen LogP contribution in [0.3, 0.4) is 0 Å². The van der Waals surface area contributed by atoms with Gasteiger partial charge in [-0.1, -0.05) is 23.8 Å². The molecule has 2 atom stereocenters. The van der Waals surface area contributed by atoms with Gasteiger partial charge in [-0.2, -0.15) is 0 Å². The Morgan fingerprint density at radius 3 is 2.65 bits per heavy atom. The normalized spacial score (nSPS) is 20.4. The largest absolute Gasteiger partial charge is 0.481 e. The van der Waals surface area contributed by atoms with Crippen molar-refractivity contribution in [3.8, 4) is 0 Å². The van der Waals surface area contributed by atoms with E-state index in [4.69, 9.17) is 0 Å². The quantitative estimate of drug-likeness (QED) is 0.660. The van der Waals surface area contributed by atoms with Gasteiger partial charge in [-0.05, 0) is 39.3 Å². The van der Waals surface area contributed by atoms with Gasteiger partial charge < -0.3 is 10.0 Å². The Morgan fingerprint density at radius 2 is 2.04 bits per heavy atom. The Morgan fingerprint density at radius 1 is 1.35 bits per heavy atom. The standard InChI is InChI=1S/C18H23NO3S/c1-12(2)9-11-23-16-7-5-4-6-15(16)17(20)19-10-8-14(13(19)3)18(21)22/h4-7,9,13-14H,8,10-11H2,1-3H3,(H,21,22). The fraction of sp³-hybridized carbons (Fsp3) is 0.444. The van der Waals surface area contributed by atoms with Crippen LogP contribution in [0.15, 0.2) is 40.8 Å². The fourth-order valence-electron chi connectivity index (χ4n) is 2.78. The van der Waals surface area contributed by atoms with Crippen molar-refractivity contribution >= 4 is 23.6 Å². The maximum absolute atomic E-state index is 12.8. The number of benzene rings is 1. The average Bonchev–Trinajstić information content (AvgIpc) is 2.88. The topological polar surface area (TPSA) is 57.6 Å². The van der Waals surface area contributed by atoms with Crippen molar-refractivity contribution in [1.82, 2.24) is 4.90 Å². The third-order valence-electron chi connectivity index (χ3n) is 4.18. The number of carbonyl (C=O) groups is 2. The lowest BCUT2D eigenvalue weighted by Gasteiger charge is -2.24. The van der Waals surface area contributed by atoms with Crippen LogP contribution in [0.25, 0.3) is 0 Å². The van der Waals surface area contributed by atoms with Crippen molar-refractivity contribution in [2.75, 3.05) is 12.3 Å². The molecule has 0 saturated carbocycles. The molecule has 1 aromatic carbocycles. The Labute approximate surface area is 141 Å². The third kappa shape index (κ3) is 4.16. The van der Waals surface area contributed by atoms with Crippen LogP contribution in [-0.2, 0) is 4.79 Å². The Kier molecular flexibility index (Phi) is 5.88. The SMILES string of the molecule is CC(C)=CCSc1ccccc1C(=O)N1CCC(C(=O)O)C1C. The van der Waals surface area contributed by atoms with Crippen LogP contribution in [0.5, 0.6) is 0 Å². The molecule has 2 rings (SSSR count). The molecule has 23 heavy (non-hydrogen) atoms. The van der Waals surface area contributed by atoms with E-state index >= 15 is 0 Å². The second-order valence-electron chi connectivity index (χ2n) is 6.06. The summed E-state index contributed by atoms with van der Waals surface area (Å²) in [6, 6.07) is 7.29. The number of hydrogen-bond donors (Lipinski definition) is 1. The first-order valence-electron chi connectivity index (χ1n) is 7.80. The van der Waals surface area contributed by atoms with Gasteiger partial charge in [0.15, 0.2) is 0 Å². The minimum Gasteiger partial charge on any atom is -0.481 e. The van der Waals surface area contributed by atoms with Crippen LogP contribution in [0, 0.1) is 5.92 Å². The van der Waals surface area contributed by atoms with Gasteiger partial charge >= 0.3 is 5.97 Å². The van der Waals surface area contributed by atoms with E-state index in [1.165, 1.54) is 5.57 Å². The maximum Gasteiger partial charge on any atom is 0.308 e. The minimum absolute atomic E-state index is 0.0680. The molecule has 124 valence electrons. The van der Waals surface area contributed by atoms with E-state index in [0.717, 1.165) is 10.6 Å². The third-order valence-corrected chi connectivity index (χ3v) is 5.18. The summed E-state index contributed by atoms with van der Waals surface area (Å²) >= 11 is 1.63. The minimum atomic E-state index is -0.820. The first-order chi connectivity index (χ1) is 10.9. The van der Waals surface area contributed by atoms with E-state index in [-0.39, 0.29) is 11.9 Å². The molecule has 0 aliphatic carbocycles. The van der Waals surface area contributed by atoms with Gasteiger partial charge in [0.1, 0.15) is 0 Å². The monoisotopic (exact) mass is 333 g/mol. The summed E-state index contributed by atoms with van der Waals surface area (Å²) in [6.07, 6.45) is 2.65. The molecule has 0 spiro atoms. The zero-order valence-electron chi connectivity index (χ0n) is 13.8. The highest BCUT2D eigenvalue weighted by molar-refractivity contribution is 7.99. The number of amides is 1. The van der Waals surface area contributed by atoms with Crippen LogP contribution in [0.1, 0.15) is 37.6 Å². The molecule has 1 aliphatic rings. The highest BCUT2D eigenvalue weighted by Gasteiger charge is 2.38. The van der Waals surface area contributed by atoms with Crippen molar-refractivity contribution in [2.45, 2.75) is 38.1 Å². The smallest absolute Gasteiger partial charge is 0.308 e. The van der Waals surface area contributed by atoms with Gasteiger partial charge in [0, 0.05) is 23.2 Å². The van der Waals surface area contributed by atoms with Gasteiger partial charge in [-0.15, -0.1) is 11.8 Å². The van der Waals surface area contributed by atoms with Crippen molar-refractivity contribution < 1.29 is 14.7 Å². The molecule has 4 nitrogen and oxygen atoms in total. The van der Waals surface area contributed by atoms with Gasteiger partial charge in [0.05, 0.1) is 11.5 Å². The van der Waals surface area contributed by atoms with E-state index in [1.54, 1.807) is 16.7 Å². The number of thioether (sulfide) groups is 1. The summed E-state index contributed by atoms with van der Waals surface area (Å²) in [5, 5.41) is 9.23. The number of likely N-dealkylation sites (tertiary alicyclic amines) is 1. The molecule has 1 aromatic rings. The summed E-state index contributed by atoms with van der Waals surface area (Å²) < 4.78 is 0. The molecule has 2 unspecified atom stereocenters. The number of nitrogens with zero attached hydrogens (tertiary/aromatic N) is 1. The second-order valence-corrected chi connectivity index (χ2v) is 7.12. The number of hydrogen-bond acceptors (Lipinski definition) is 3. The summed E-state index contributed by atoms with van der Waals surface area (Å²) in [5.41, 5.74) is 1.91. The predicted molar refractivity (Wildman–Crippen MR) is 92.8 cm³/mol. The lowest BCUT2D eigenvalue weighted by molar-refractivity contribution is -0.142. The molecule has 1 N–H and O–H groups in total. The van der Waals surface area contributed by atoms with E-state index in [1.807, 2.05) is 31.2 Å². The molecule has 5 heteroatoms. The highest BCUT2D eigenvalue weighted by Crippen LogP contribution is 2.29. The van der Waals surface area contributed by atoms with Gasteiger partial charge in [0.2, 0.25) is 0 Å². The number of aliphatic carboxylic acids is 1. The molecule has 1 heterocycles. The van der Waals surface area contributed by atoms with Crippen molar-refractivity contribution in [1.29, 1.82) is 0 Å². The van der Waals surface area contributed by atoms with E-state index < -0.39 is 11.9 Å². The lowest BCUT2D eigenvalue weighted by Crippen LogP contribution is -2.37. The van der Waals surface area contributed by atoms with Crippen LogP contribution >= 0.6 is 11.8 Å². The van der Waals surface area contributed by atoms with E-state index in [0.29, 0.717) is 18.5 Å². The Hall–Kier alpha value is -1.75. The molecule has 0 aromatic heterocycles. The van der Waals surface area contributed by atoms with Gasteiger partial charge in [0.25, 0.3) is 5.91 Å². The van der Waals surface area contributed by atoms with E-state index in [9.17, 15) is 14.7 Å². The molecule has 1 aliphatic heterocycles. The molecule has 0 bridgehead atoms. The maximum atomic E-state index is 12.8. The number of carbonyl (C=O) groups excluding carboxylic acids is 1. The zero-order valence-corrected chi connectivity index (χ0v) is 14.6. The number of rotatable bonds is 5. The predicted octanol–water partition coefficient (Wildman–Crippen LogP) is 3.68. The van der Waals surface area contributed by atoms with Crippen molar-refractivity contribution in [3.63, 3.8) is 0 Å². The average molecular weight is 333 g/mol. The molecular formula is C18H23NO3S. The highest BCUT2D eigenvalue weighted by atomic mass is 32.2. The van der Waals surface area contributed by atoms with Crippen molar-refractivity contribution in [3.05, 3.63) is 41.5 Å². The lowest BCUT2D eigenvalue weighted by atomic mass is 10.0. The van der Waals surface area contributed by atoms with Gasteiger partial charge in [-0.25, -0.2) is 0 Å². The fourth-order valence-corrected chi connectivity index (χ4v) is 3.86. The van der Waals surface area contributed by atoms with Gasteiger partial charge in [-0.3, -0.25) is 9.59 Å². The molecular weight excluding hydrogens is 310 g/mol. The Bertz CT molecular complexity index is 622. The van der Waals surface area contributed by atoms with Crippen LogP contribution in [0.2, 0.25) is 0 Å². The summed E-state index contributed by atoms with van der Waals surface area (Å²) in [7, 11) is 0. The molecule has 0 radical (unpaired) electrons. The Balaban J connectivity index is 2.17. The summed E-state index contributed by atoms with van der Waals surface area (Å²) in [6.45, 7) is 6.43. The van der Waals surface area contributed by atoms with Crippen LogP contribution < -0.4 is 0 Å². The number of carboxylic acid groups (broad SMARTS) is 1. The summed E-state index contributed by atoms with van der Waals surface area (Å²) in [4.78, 5) is 26.7.